The summed E-state index contributed by atoms with van der Waals surface area (Å²) >= 11 is 0. The number of aliphatic carboxylic acids is 1. The van der Waals surface area contributed by atoms with Crippen LogP contribution in [0.4, 0.5) is 4.39 Å². The average molecular weight is 213 g/mol. The van der Waals surface area contributed by atoms with Crippen LogP contribution in [0, 0.1) is 5.82 Å². The zero-order valence-corrected chi connectivity index (χ0v) is 8.24. The minimum absolute atomic E-state index is 0.0921. The summed E-state index contributed by atoms with van der Waals surface area (Å²) < 4.78 is 18.3. The SMILES string of the molecule is COc1cccc(F)c1C[C@@H](N)C(=O)O. The molecule has 1 aromatic rings. The van der Waals surface area contributed by atoms with Crippen molar-refractivity contribution in [3.63, 3.8) is 0 Å². The molecule has 1 rings (SSSR count). The number of ether oxygens (including phenoxy) is 1. The van der Waals surface area contributed by atoms with Crippen LogP contribution >= 0.6 is 0 Å². The fourth-order valence-corrected chi connectivity index (χ4v) is 1.24. The highest BCUT2D eigenvalue weighted by Crippen LogP contribution is 2.22. The Morgan fingerprint density at radius 1 is 1.67 bits per heavy atom. The van der Waals surface area contributed by atoms with Crippen molar-refractivity contribution in [3.8, 4) is 5.75 Å². The third-order valence-electron chi connectivity index (χ3n) is 2.04. The van der Waals surface area contributed by atoms with Crippen LogP contribution in [0.3, 0.4) is 0 Å². The molecule has 0 aliphatic heterocycles. The maximum atomic E-state index is 13.3. The maximum Gasteiger partial charge on any atom is 0.320 e. The summed E-state index contributed by atoms with van der Waals surface area (Å²) in [5.41, 5.74) is 5.51. The first-order valence-electron chi connectivity index (χ1n) is 4.36. The van der Waals surface area contributed by atoms with Gasteiger partial charge in [-0.05, 0) is 12.1 Å². The first-order chi connectivity index (χ1) is 7.06. The second-order valence-corrected chi connectivity index (χ2v) is 3.07. The van der Waals surface area contributed by atoms with Gasteiger partial charge in [-0.3, -0.25) is 4.79 Å². The number of rotatable bonds is 4. The van der Waals surface area contributed by atoms with Gasteiger partial charge in [0.15, 0.2) is 0 Å². The summed E-state index contributed by atoms with van der Waals surface area (Å²) in [5.74, 6) is -1.36. The lowest BCUT2D eigenvalue weighted by Gasteiger charge is -2.11. The van der Waals surface area contributed by atoms with E-state index in [4.69, 9.17) is 15.6 Å². The first kappa shape index (κ1) is 11.5. The van der Waals surface area contributed by atoms with Gasteiger partial charge in [-0.2, -0.15) is 0 Å². The lowest BCUT2D eigenvalue weighted by atomic mass is 10.0. The van der Waals surface area contributed by atoms with Crippen LogP contribution in [0.25, 0.3) is 0 Å². The van der Waals surface area contributed by atoms with Crippen LogP contribution in [0.5, 0.6) is 5.75 Å². The molecule has 0 aromatic heterocycles. The summed E-state index contributed by atoms with van der Waals surface area (Å²) in [5, 5.41) is 8.61. The molecule has 0 saturated carbocycles. The van der Waals surface area contributed by atoms with Gasteiger partial charge in [0, 0.05) is 12.0 Å². The van der Waals surface area contributed by atoms with Gasteiger partial charge in [0.1, 0.15) is 17.6 Å². The van der Waals surface area contributed by atoms with Crippen molar-refractivity contribution in [2.75, 3.05) is 7.11 Å². The summed E-state index contributed by atoms with van der Waals surface area (Å²) in [4.78, 5) is 10.5. The molecule has 0 unspecified atom stereocenters. The lowest BCUT2D eigenvalue weighted by Crippen LogP contribution is -2.32. The quantitative estimate of drug-likeness (QED) is 0.775. The van der Waals surface area contributed by atoms with E-state index in [-0.39, 0.29) is 12.0 Å². The van der Waals surface area contributed by atoms with Crippen LogP contribution in [0.15, 0.2) is 18.2 Å². The normalized spacial score (nSPS) is 12.2. The molecule has 0 heterocycles. The topological polar surface area (TPSA) is 72.5 Å². The van der Waals surface area contributed by atoms with Gasteiger partial charge in [-0.25, -0.2) is 4.39 Å². The second kappa shape index (κ2) is 4.75. The Morgan fingerprint density at radius 3 is 2.87 bits per heavy atom. The van der Waals surface area contributed by atoms with Gasteiger partial charge >= 0.3 is 5.97 Å². The maximum absolute atomic E-state index is 13.3. The standard InChI is InChI=1S/C10H12FNO3/c1-15-9-4-2-3-7(11)6(9)5-8(12)10(13)14/h2-4,8H,5,12H2,1H3,(H,13,14)/t8-/m1/s1. The molecular formula is C10H12FNO3. The Bertz CT molecular complexity index is 368. The van der Waals surface area contributed by atoms with Crippen molar-refractivity contribution in [1.29, 1.82) is 0 Å². The zero-order valence-electron chi connectivity index (χ0n) is 8.24. The molecule has 82 valence electrons. The van der Waals surface area contributed by atoms with Crippen molar-refractivity contribution in [3.05, 3.63) is 29.6 Å². The van der Waals surface area contributed by atoms with E-state index in [2.05, 4.69) is 0 Å². The van der Waals surface area contributed by atoms with Gasteiger partial charge in [0.2, 0.25) is 0 Å². The number of hydrogen-bond acceptors (Lipinski definition) is 3. The summed E-state index contributed by atoms with van der Waals surface area (Å²) in [6, 6.07) is 3.17. The highest BCUT2D eigenvalue weighted by molar-refractivity contribution is 5.73. The van der Waals surface area contributed by atoms with Crippen LogP contribution in [-0.2, 0) is 11.2 Å². The van der Waals surface area contributed by atoms with E-state index in [0.29, 0.717) is 5.75 Å². The molecule has 0 spiro atoms. The molecule has 3 N–H and O–H groups in total. The molecule has 4 nitrogen and oxygen atoms in total. The van der Waals surface area contributed by atoms with Crippen LogP contribution in [0.2, 0.25) is 0 Å². The second-order valence-electron chi connectivity index (χ2n) is 3.07. The van der Waals surface area contributed by atoms with Gasteiger partial charge in [-0.15, -0.1) is 0 Å². The van der Waals surface area contributed by atoms with Crippen molar-refractivity contribution in [1.82, 2.24) is 0 Å². The first-order valence-corrected chi connectivity index (χ1v) is 4.36. The van der Waals surface area contributed by atoms with E-state index < -0.39 is 17.8 Å². The molecule has 1 aromatic carbocycles. The Labute approximate surface area is 86.5 Å². The fourth-order valence-electron chi connectivity index (χ4n) is 1.24. The lowest BCUT2D eigenvalue weighted by molar-refractivity contribution is -0.138. The molecule has 0 fully saturated rings. The van der Waals surface area contributed by atoms with E-state index >= 15 is 0 Å². The highest BCUT2D eigenvalue weighted by atomic mass is 19.1. The molecule has 5 heteroatoms. The number of carboxylic acid groups (broad SMARTS) is 1. The number of benzene rings is 1. The van der Waals surface area contributed by atoms with Crippen LogP contribution < -0.4 is 10.5 Å². The molecule has 1 atom stereocenters. The van der Waals surface area contributed by atoms with Gasteiger partial charge in [0.05, 0.1) is 7.11 Å². The van der Waals surface area contributed by atoms with E-state index in [1.165, 1.54) is 19.2 Å². The number of hydrogen-bond donors (Lipinski definition) is 2. The number of carbonyl (C=O) groups is 1. The van der Waals surface area contributed by atoms with Gasteiger partial charge in [0.25, 0.3) is 0 Å². The Kier molecular flexibility index (Phi) is 3.62. The monoisotopic (exact) mass is 213 g/mol. The van der Waals surface area contributed by atoms with Crippen LogP contribution in [0.1, 0.15) is 5.56 Å². The highest BCUT2D eigenvalue weighted by Gasteiger charge is 2.17. The number of methoxy groups -OCH3 is 1. The van der Waals surface area contributed by atoms with Gasteiger partial charge in [-0.1, -0.05) is 6.07 Å². The largest absolute Gasteiger partial charge is 0.496 e. The Hall–Kier alpha value is -1.62. The molecule has 0 bridgehead atoms. The Balaban J connectivity index is 2.97. The zero-order chi connectivity index (χ0) is 11.4. The summed E-state index contributed by atoms with van der Waals surface area (Å²) in [6.07, 6.45) is -0.0921. The third kappa shape index (κ3) is 2.66. The molecule has 0 saturated heterocycles. The predicted octanol–water partition coefficient (Wildman–Crippen LogP) is 0.789. The average Bonchev–Trinajstić information content (AvgIpc) is 2.20. The molecule has 0 radical (unpaired) electrons. The summed E-state index contributed by atoms with van der Waals surface area (Å²) in [6.45, 7) is 0. The Morgan fingerprint density at radius 2 is 2.33 bits per heavy atom. The predicted molar refractivity (Wildman–Crippen MR) is 52.3 cm³/mol. The number of carboxylic acids is 1. The van der Waals surface area contributed by atoms with E-state index in [0.717, 1.165) is 0 Å². The third-order valence-corrected chi connectivity index (χ3v) is 2.04. The minimum Gasteiger partial charge on any atom is -0.496 e. The molecule has 15 heavy (non-hydrogen) atoms. The van der Waals surface area contributed by atoms with Crippen molar-refractivity contribution < 1.29 is 19.0 Å². The smallest absolute Gasteiger partial charge is 0.320 e. The molecule has 0 amide bonds. The fraction of sp³-hybridized carbons (Fsp3) is 0.300. The summed E-state index contributed by atoms with van der Waals surface area (Å²) in [7, 11) is 1.39. The van der Waals surface area contributed by atoms with Crippen molar-refractivity contribution in [2.45, 2.75) is 12.5 Å². The van der Waals surface area contributed by atoms with E-state index in [1.54, 1.807) is 6.07 Å². The number of nitrogens with two attached hydrogens (primary N) is 1. The van der Waals surface area contributed by atoms with E-state index in [1.807, 2.05) is 0 Å². The molecular weight excluding hydrogens is 201 g/mol. The molecule has 0 aliphatic rings. The van der Waals surface area contributed by atoms with Gasteiger partial charge < -0.3 is 15.6 Å². The minimum atomic E-state index is -1.17. The van der Waals surface area contributed by atoms with Crippen LogP contribution in [-0.4, -0.2) is 24.2 Å². The molecule has 0 aliphatic carbocycles. The van der Waals surface area contributed by atoms with Crippen molar-refractivity contribution in [2.24, 2.45) is 5.73 Å². The number of halogens is 1. The van der Waals surface area contributed by atoms with E-state index in [9.17, 15) is 9.18 Å². The van der Waals surface area contributed by atoms with Crippen molar-refractivity contribution >= 4 is 5.97 Å².